The van der Waals surface area contributed by atoms with Crippen molar-refractivity contribution in [3.63, 3.8) is 0 Å². The number of carbonyl (C=O) groups is 1. The molecule has 3 heterocycles. The summed E-state index contributed by atoms with van der Waals surface area (Å²) in [4.78, 5) is 27.8. The third-order valence-electron chi connectivity index (χ3n) is 6.21. The SMILES string of the molecule is Nc1nc(NC2CCN(C(=O)COC3=CCCC=C3)CC2)c2nc(-c3ccc(F)cc3)ccc2n1. The summed E-state index contributed by atoms with van der Waals surface area (Å²) in [5, 5.41) is 3.45. The first-order valence-corrected chi connectivity index (χ1v) is 11.8. The minimum Gasteiger partial charge on any atom is -0.484 e. The van der Waals surface area contributed by atoms with Crippen LogP contribution in [-0.2, 0) is 9.53 Å². The fourth-order valence-electron chi connectivity index (χ4n) is 4.31. The predicted octanol–water partition coefficient (Wildman–Crippen LogP) is 4.07. The van der Waals surface area contributed by atoms with E-state index in [0.717, 1.165) is 37.0 Å². The van der Waals surface area contributed by atoms with Crippen LogP contribution < -0.4 is 11.1 Å². The van der Waals surface area contributed by atoms with Gasteiger partial charge in [0, 0.05) is 24.7 Å². The number of hydrogen-bond acceptors (Lipinski definition) is 7. The van der Waals surface area contributed by atoms with E-state index < -0.39 is 0 Å². The number of pyridine rings is 1. The molecular formula is C26H27FN6O2. The Morgan fingerprint density at radius 1 is 1.09 bits per heavy atom. The van der Waals surface area contributed by atoms with E-state index in [2.05, 4.69) is 21.4 Å². The third-order valence-corrected chi connectivity index (χ3v) is 6.21. The molecule has 1 aliphatic heterocycles. The van der Waals surface area contributed by atoms with Gasteiger partial charge < -0.3 is 20.7 Å². The van der Waals surface area contributed by atoms with Crippen molar-refractivity contribution in [3.05, 3.63) is 66.2 Å². The maximum Gasteiger partial charge on any atom is 0.260 e. The quantitative estimate of drug-likeness (QED) is 0.555. The third kappa shape index (κ3) is 5.40. The number of piperidine rings is 1. The van der Waals surface area contributed by atoms with E-state index in [9.17, 15) is 9.18 Å². The fourth-order valence-corrected chi connectivity index (χ4v) is 4.31. The van der Waals surface area contributed by atoms with Gasteiger partial charge in [0.25, 0.3) is 5.91 Å². The number of nitrogens with zero attached hydrogens (tertiary/aromatic N) is 4. The number of nitrogens with one attached hydrogen (secondary N) is 1. The van der Waals surface area contributed by atoms with Crippen LogP contribution in [-0.4, -0.2) is 51.5 Å². The van der Waals surface area contributed by atoms with Crippen LogP contribution in [0.1, 0.15) is 25.7 Å². The lowest BCUT2D eigenvalue weighted by Gasteiger charge is -2.32. The number of aromatic nitrogens is 3. The van der Waals surface area contributed by atoms with Crippen LogP contribution in [0.5, 0.6) is 0 Å². The number of likely N-dealkylation sites (tertiary alicyclic amines) is 1. The molecule has 1 amide bonds. The number of amides is 1. The van der Waals surface area contributed by atoms with Crippen LogP contribution in [0.25, 0.3) is 22.3 Å². The first kappa shape index (κ1) is 22.8. The highest BCUT2D eigenvalue weighted by molar-refractivity contribution is 5.88. The lowest BCUT2D eigenvalue weighted by Crippen LogP contribution is -2.43. The van der Waals surface area contributed by atoms with E-state index in [0.29, 0.717) is 35.6 Å². The molecule has 35 heavy (non-hydrogen) atoms. The number of rotatable bonds is 6. The van der Waals surface area contributed by atoms with Crippen LogP contribution in [0.2, 0.25) is 0 Å². The summed E-state index contributed by atoms with van der Waals surface area (Å²) in [7, 11) is 0. The molecule has 1 aliphatic carbocycles. The molecule has 0 spiro atoms. The van der Waals surface area contributed by atoms with Crippen LogP contribution in [0.3, 0.4) is 0 Å². The predicted molar refractivity (Wildman–Crippen MR) is 133 cm³/mol. The van der Waals surface area contributed by atoms with Crippen LogP contribution in [0.15, 0.2) is 60.4 Å². The van der Waals surface area contributed by atoms with Crippen LogP contribution in [0.4, 0.5) is 16.2 Å². The fraction of sp³-hybridized carbons (Fsp3) is 0.308. The summed E-state index contributed by atoms with van der Waals surface area (Å²) in [6.45, 7) is 1.31. The lowest BCUT2D eigenvalue weighted by molar-refractivity contribution is -0.135. The summed E-state index contributed by atoms with van der Waals surface area (Å²) in [6, 6.07) is 9.96. The van der Waals surface area contributed by atoms with E-state index >= 15 is 0 Å². The van der Waals surface area contributed by atoms with E-state index in [-0.39, 0.29) is 30.3 Å². The van der Waals surface area contributed by atoms with Gasteiger partial charge in [-0.2, -0.15) is 4.98 Å². The second kappa shape index (κ2) is 10.1. The van der Waals surface area contributed by atoms with Crippen molar-refractivity contribution in [2.45, 2.75) is 31.7 Å². The second-order valence-electron chi connectivity index (χ2n) is 8.68. The lowest BCUT2D eigenvalue weighted by atomic mass is 10.0. The Morgan fingerprint density at radius 2 is 1.89 bits per heavy atom. The number of nitrogens with two attached hydrogens (primary N) is 1. The number of benzene rings is 1. The normalized spacial score (nSPS) is 16.3. The molecule has 0 unspecified atom stereocenters. The average Bonchev–Trinajstić information content (AvgIpc) is 2.88. The highest BCUT2D eigenvalue weighted by atomic mass is 19.1. The number of nitrogen functional groups attached to an aromatic ring is 1. The highest BCUT2D eigenvalue weighted by Gasteiger charge is 2.24. The summed E-state index contributed by atoms with van der Waals surface area (Å²) in [5.41, 5.74) is 8.66. The number of fused-ring (bicyclic) bond motifs is 1. The smallest absolute Gasteiger partial charge is 0.260 e. The van der Waals surface area contributed by atoms with Crippen molar-refractivity contribution in [3.8, 4) is 11.3 Å². The summed E-state index contributed by atoms with van der Waals surface area (Å²) < 4.78 is 19.0. The Kier molecular flexibility index (Phi) is 6.56. The summed E-state index contributed by atoms with van der Waals surface area (Å²) >= 11 is 0. The molecule has 1 fully saturated rings. The number of halogens is 1. The minimum atomic E-state index is -0.299. The van der Waals surface area contributed by atoms with Crippen molar-refractivity contribution in [2.24, 2.45) is 0 Å². The van der Waals surface area contributed by atoms with Gasteiger partial charge in [-0.25, -0.2) is 14.4 Å². The molecule has 2 aliphatic rings. The Labute approximate surface area is 202 Å². The molecule has 1 aromatic carbocycles. The van der Waals surface area contributed by atoms with Gasteiger partial charge in [-0.1, -0.05) is 6.08 Å². The minimum absolute atomic E-state index is 0.00865. The van der Waals surface area contributed by atoms with Gasteiger partial charge in [0.1, 0.15) is 17.1 Å². The molecule has 2 aromatic heterocycles. The van der Waals surface area contributed by atoms with E-state index in [1.807, 2.05) is 29.2 Å². The molecule has 0 radical (unpaired) electrons. The van der Waals surface area contributed by atoms with Gasteiger partial charge in [-0.3, -0.25) is 4.79 Å². The van der Waals surface area contributed by atoms with Gasteiger partial charge in [-0.15, -0.1) is 0 Å². The Hall–Kier alpha value is -4.01. The van der Waals surface area contributed by atoms with Gasteiger partial charge in [-0.05, 0) is 74.2 Å². The molecule has 8 nitrogen and oxygen atoms in total. The van der Waals surface area contributed by atoms with E-state index in [1.54, 1.807) is 12.1 Å². The number of ether oxygens (including phenoxy) is 1. The summed E-state index contributed by atoms with van der Waals surface area (Å²) in [5.74, 6) is 1.17. The van der Waals surface area contributed by atoms with Crippen molar-refractivity contribution < 1.29 is 13.9 Å². The second-order valence-corrected chi connectivity index (χ2v) is 8.68. The van der Waals surface area contributed by atoms with Crippen LogP contribution >= 0.6 is 0 Å². The van der Waals surface area contributed by atoms with E-state index in [1.165, 1.54) is 12.1 Å². The molecule has 3 N–H and O–H groups in total. The van der Waals surface area contributed by atoms with Gasteiger partial charge >= 0.3 is 0 Å². The number of carbonyl (C=O) groups excluding carboxylic acids is 1. The van der Waals surface area contributed by atoms with Gasteiger partial charge in [0.2, 0.25) is 5.95 Å². The molecule has 3 aromatic rings. The number of allylic oxidation sites excluding steroid dienone is 3. The van der Waals surface area contributed by atoms with Gasteiger partial charge in [0.15, 0.2) is 12.4 Å². The molecule has 9 heteroatoms. The maximum atomic E-state index is 13.3. The van der Waals surface area contributed by atoms with Crippen molar-refractivity contribution >= 4 is 28.7 Å². The Morgan fingerprint density at radius 3 is 2.63 bits per heavy atom. The zero-order valence-electron chi connectivity index (χ0n) is 19.3. The molecule has 180 valence electrons. The van der Waals surface area contributed by atoms with E-state index in [4.69, 9.17) is 15.5 Å². The van der Waals surface area contributed by atoms with Gasteiger partial charge in [0.05, 0.1) is 11.2 Å². The molecular weight excluding hydrogens is 447 g/mol. The molecule has 1 saturated heterocycles. The van der Waals surface area contributed by atoms with Crippen molar-refractivity contribution in [1.29, 1.82) is 0 Å². The molecule has 0 bridgehead atoms. The highest BCUT2D eigenvalue weighted by Crippen LogP contribution is 2.26. The zero-order chi connectivity index (χ0) is 24.2. The van der Waals surface area contributed by atoms with Crippen LogP contribution in [0, 0.1) is 5.82 Å². The Balaban J connectivity index is 1.25. The molecule has 5 rings (SSSR count). The molecule has 0 atom stereocenters. The van der Waals surface area contributed by atoms with Crippen molar-refractivity contribution in [2.75, 3.05) is 30.7 Å². The summed E-state index contributed by atoms with van der Waals surface area (Å²) in [6.07, 6.45) is 9.46. The first-order valence-electron chi connectivity index (χ1n) is 11.8. The standard InChI is InChI=1S/C26H27FN6O2/c27-18-8-6-17(7-9-18)21-10-11-22-24(30-21)25(32-26(28)31-22)29-19-12-14-33(15-13-19)23(34)16-35-20-4-2-1-3-5-20/h2,4-11,19H,1,3,12-16H2,(H3,28,29,31,32). The number of anilines is 2. The van der Waals surface area contributed by atoms with Crippen molar-refractivity contribution in [1.82, 2.24) is 19.9 Å². The number of hydrogen-bond donors (Lipinski definition) is 2. The first-order chi connectivity index (χ1) is 17.0. The zero-order valence-corrected chi connectivity index (χ0v) is 19.3. The average molecular weight is 475 g/mol. The monoisotopic (exact) mass is 474 g/mol. The Bertz CT molecular complexity index is 1280. The molecule has 0 saturated carbocycles. The topological polar surface area (TPSA) is 106 Å². The largest absolute Gasteiger partial charge is 0.484 e. The maximum absolute atomic E-state index is 13.3.